The van der Waals surface area contributed by atoms with Gasteiger partial charge in [0, 0.05) is 6.20 Å². The number of hydrogen-bond donors (Lipinski definition) is 1. The van der Waals surface area contributed by atoms with E-state index in [-0.39, 0.29) is 27.9 Å². The van der Waals surface area contributed by atoms with Crippen molar-refractivity contribution in [2.45, 2.75) is 6.29 Å². The van der Waals surface area contributed by atoms with Crippen molar-refractivity contribution in [3.8, 4) is 11.5 Å². The number of para-hydroxylation sites is 1. The Hall–Kier alpha value is -2.41. The van der Waals surface area contributed by atoms with Crippen LogP contribution in [0.5, 0.6) is 11.5 Å². The quantitative estimate of drug-likeness (QED) is 0.864. The maximum atomic E-state index is 13.1. The lowest BCUT2D eigenvalue weighted by Crippen LogP contribution is -2.26. The molecule has 0 fully saturated rings. The molecule has 0 aliphatic carbocycles. The normalized spacial score (nSPS) is 14.8. The van der Waals surface area contributed by atoms with Gasteiger partial charge in [0.05, 0.1) is 11.3 Å². The maximum Gasteiger partial charge on any atom is 0.586 e. The van der Waals surface area contributed by atoms with Crippen LogP contribution in [0.2, 0.25) is 5.15 Å². The van der Waals surface area contributed by atoms with Gasteiger partial charge in [0.2, 0.25) is 0 Å². The number of rotatable bonds is 2. The van der Waals surface area contributed by atoms with Crippen LogP contribution in [-0.2, 0) is 0 Å². The Morgan fingerprint density at radius 2 is 2.05 bits per heavy atom. The molecular formula is C13H7ClF2N2O3. The van der Waals surface area contributed by atoms with Crippen molar-refractivity contribution < 1.29 is 23.0 Å². The smallest absolute Gasteiger partial charge is 0.395 e. The summed E-state index contributed by atoms with van der Waals surface area (Å²) in [6.45, 7) is 0. The van der Waals surface area contributed by atoms with Crippen molar-refractivity contribution in [3.63, 3.8) is 0 Å². The molecular weight excluding hydrogens is 306 g/mol. The molecule has 2 heterocycles. The Kier molecular flexibility index (Phi) is 3.13. The van der Waals surface area contributed by atoms with Gasteiger partial charge in [-0.05, 0) is 24.3 Å². The first-order valence-corrected chi connectivity index (χ1v) is 6.15. The van der Waals surface area contributed by atoms with E-state index in [1.807, 2.05) is 0 Å². The Labute approximate surface area is 122 Å². The number of anilines is 1. The summed E-state index contributed by atoms with van der Waals surface area (Å²) in [6, 6.07) is 7.16. The maximum absolute atomic E-state index is 13.1. The topological polar surface area (TPSA) is 60.5 Å². The van der Waals surface area contributed by atoms with E-state index in [1.165, 1.54) is 36.5 Å². The van der Waals surface area contributed by atoms with Crippen molar-refractivity contribution in [1.82, 2.24) is 4.98 Å². The van der Waals surface area contributed by atoms with E-state index in [9.17, 15) is 13.6 Å². The molecule has 0 saturated carbocycles. The number of hydrogen-bond acceptors (Lipinski definition) is 4. The van der Waals surface area contributed by atoms with Gasteiger partial charge in [-0.15, -0.1) is 8.78 Å². The lowest BCUT2D eigenvalue weighted by molar-refractivity contribution is -0.286. The monoisotopic (exact) mass is 312 g/mol. The first-order chi connectivity index (χ1) is 9.96. The summed E-state index contributed by atoms with van der Waals surface area (Å²) in [6.07, 6.45) is -2.33. The number of carbonyl (C=O) groups is 1. The molecule has 5 nitrogen and oxygen atoms in total. The van der Waals surface area contributed by atoms with E-state index >= 15 is 0 Å². The number of benzene rings is 1. The van der Waals surface area contributed by atoms with E-state index in [0.717, 1.165) is 0 Å². The Bertz CT molecular complexity index is 724. The Balaban J connectivity index is 1.89. The molecule has 0 atom stereocenters. The minimum atomic E-state index is -3.75. The molecule has 21 heavy (non-hydrogen) atoms. The van der Waals surface area contributed by atoms with Gasteiger partial charge in [0.1, 0.15) is 5.15 Å². The fourth-order valence-electron chi connectivity index (χ4n) is 1.81. The molecule has 2 aromatic rings. The van der Waals surface area contributed by atoms with Crippen molar-refractivity contribution in [1.29, 1.82) is 0 Å². The van der Waals surface area contributed by atoms with E-state index < -0.39 is 12.2 Å². The van der Waals surface area contributed by atoms with Gasteiger partial charge < -0.3 is 14.8 Å². The van der Waals surface area contributed by atoms with Gasteiger partial charge in [-0.25, -0.2) is 4.98 Å². The third kappa shape index (κ3) is 2.59. The molecule has 108 valence electrons. The third-order valence-corrected chi connectivity index (χ3v) is 2.98. The number of fused-ring (bicyclic) bond motifs is 1. The van der Waals surface area contributed by atoms with Crippen LogP contribution >= 0.6 is 11.6 Å². The van der Waals surface area contributed by atoms with E-state index in [4.69, 9.17) is 11.6 Å². The zero-order valence-corrected chi connectivity index (χ0v) is 11.0. The summed E-state index contributed by atoms with van der Waals surface area (Å²) < 4.78 is 34.8. The molecule has 1 N–H and O–H groups in total. The highest BCUT2D eigenvalue weighted by Gasteiger charge is 2.44. The van der Waals surface area contributed by atoms with Crippen LogP contribution in [-0.4, -0.2) is 17.2 Å². The van der Waals surface area contributed by atoms with Crippen LogP contribution in [0.4, 0.5) is 14.5 Å². The van der Waals surface area contributed by atoms with Crippen LogP contribution in [0.1, 0.15) is 10.4 Å². The molecule has 0 saturated heterocycles. The van der Waals surface area contributed by atoms with Crippen molar-refractivity contribution in [2.24, 2.45) is 0 Å². The second kappa shape index (κ2) is 4.85. The van der Waals surface area contributed by atoms with Gasteiger partial charge in [0.25, 0.3) is 5.91 Å². The zero-order valence-electron chi connectivity index (χ0n) is 10.3. The molecule has 0 spiro atoms. The molecule has 1 aliphatic rings. The zero-order chi connectivity index (χ0) is 15.0. The second-order valence-corrected chi connectivity index (χ2v) is 4.45. The number of alkyl halides is 2. The van der Waals surface area contributed by atoms with Crippen molar-refractivity contribution in [3.05, 3.63) is 47.2 Å². The lowest BCUT2D eigenvalue weighted by atomic mass is 10.2. The summed E-state index contributed by atoms with van der Waals surface area (Å²) in [4.78, 5) is 15.8. The van der Waals surface area contributed by atoms with Crippen molar-refractivity contribution >= 4 is 23.2 Å². The van der Waals surface area contributed by atoms with Crippen molar-refractivity contribution in [2.75, 3.05) is 5.32 Å². The van der Waals surface area contributed by atoms with E-state index in [0.29, 0.717) is 0 Å². The number of ether oxygens (including phenoxy) is 2. The Morgan fingerprint density at radius 1 is 1.24 bits per heavy atom. The number of nitrogens with one attached hydrogen (secondary N) is 1. The number of pyridine rings is 1. The molecule has 8 heteroatoms. The minimum Gasteiger partial charge on any atom is -0.395 e. The number of halogens is 3. The number of carbonyl (C=O) groups excluding carboxylic acids is 1. The molecule has 1 aromatic carbocycles. The predicted molar refractivity (Wildman–Crippen MR) is 69.8 cm³/mol. The number of nitrogens with zero attached hydrogens (tertiary/aromatic N) is 1. The summed E-state index contributed by atoms with van der Waals surface area (Å²) >= 11 is 5.80. The first kappa shape index (κ1) is 13.6. The number of aromatic nitrogens is 1. The van der Waals surface area contributed by atoms with Crippen LogP contribution in [0.3, 0.4) is 0 Å². The SMILES string of the molecule is O=C(Nc1cccc2c1OC(F)(F)O2)c1cccnc1Cl. The summed E-state index contributed by atoms with van der Waals surface area (Å²) in [5.74, 6) is -0.994. The summed E-state index contributed by atoms with van der Waals surface area (Å²) in [5.41, 5.74) is 0.164. The van der Waals surface area contributed by atoms with Gasteiger partial charge >= 0.3 is 6.29 Å². The molecule has 0 unspecified atom stereocenters. The van der Waals surface area contributed by atoms with E-state index in [2.05, 4.69) is 19.8 Å². The van der Waals surface area contributed by atoms with E-state index in [1.54, 1.807) is 0 Å². The molecule has 1 aromatic heterocycles. The van der Waals surface area contributed by atoms with Gasteiger partial charge in [-0.2, -0.15) is 0 Å². The molecule has 3 rings (SSSR count). The number of amides is 1. The third-order valence-electron chi connectivity index (χ3n) is 2.68. The lowest BCUT2D eigenvalue weighted by Gasteiger charge is -2.09. The fourth-order valence-corrected chi connectivity index (χ4v) is 2.02. The highest BCUT2D eigenvalue weighted by Crippen LogP contribution is 2.45. The summed E-state index contributed by atoms with van der Waals surface area (Å²) in [5, 5.41) is 2.44. The predicted octanol–water partition coefficient (Wildman–Crippen LogP) is 3.31. The highest BCUT2D eigenvalue weighted by atomic mass is 35.5. The van der Waals surface area contributed by atoms with Crippen LogP contribution in [0.15, 0.2) is 36.5 Å². The van der Waals surface area contributed by atoms with Gasteiger partial charge in [0.15, 0.2) is 11.5 Å². The summed E-state index contributed by atoms with van der Waals surface area (Å²) in [7, 11) is 0. The average Bonchev–Trinajstić information content (AvgIpc) is 2.74. The fraction of sp³-hybridized carbons (Fsp3) is 0.0769. The highest BCUT2D eigenvalue weighted by molar-refractivity contribution is 6.33. The minimum absolute atomic E-state index is 0.00470. The largest absolute Gasteiger partial charge is 0.586 e. The molecule has 1 amide bonds. The van der Waals surface area contributed by atoms with Gasteiger partial charge in [-0.1, -0.05) is 17.7 Å². The Morgan fingerprint density at radius 3 is 2.81 bits per heavy atom. The second-order valence-electron chi connectivity index (χ2n) is 4.10. The van der Waals surface area contributed by atoms with Crippen LogP contribution in [0, 0.1) is 0 Å². The van der Waals surface area contributed by atoms with Gasteiger partial charge in [-0.3, -0.25) is 4.79 Å². The average molecular weight is 313 g/mol. The first-order valence-electron chi connectivity index (χ1n) is 5.77. The van der Waals surface area contributed by atoms with Crippen LogP contribution < -0.4 is 14.8 Å². The van der Waals surface area contributed by atoms with Crippen LogP contribution in [0.25, 0.3) is 0 Å². The molecule has 0 bridgehead atoms. The standard InChI is InChI=1S/C13H7ClF2N2O3/c14-11-7(3-2-6-17-11)12(19)18-8-4-1-5-9-10(8)21-13(15,16)20-9/h1-6H,(H,18,19). The molecule has 0 radical (unpaired) electrons. The molecule has 1 aliphatic heterocycles.